The molecular weight excluding hydrogens is 248 g/mol. The molecule has 0 aromatic rings. The van der Waals surface area contributed by atoms with Crippen LogP contribution in [0.3, 0.4) is 0 Å². The first-order valence-corrected chi connectivity index (χ1v) is 8.69. The van der Waals surface area contributed by atoms with E-state index in [1.165, 1.54) is 25.7 Å². The molecule has 1 aliphatic carbocycles. The number of nitrogens with zero attached hydrogens (tertiary/aromatic N) is 1. The molecule has 1 saturated carbocycles. The highest BCUT2D eigenvalue weighted by molar-refractivity contribution is 5.83. The number of amides is 1. The van der Waals surface area contributed by atoms with Crippen molar-refractivity contribution in [1.29, 1.82) is 0 Å². The molecule has 0 spiro atoms. The Labute approximate surface area is 125 Å². The van der Waals surface area contributed by atoms with Gasteiger partial charge in [0.1, 0.15) is 0 Å². The van der Waals surface area contributed by atoms with Gasteiger partial charge in [0.05, 0.1) is 5.41 Å². The minimum Gasteiger partial charge on any atom is -0.342 e. The number of rotatable bonds is 8. The van der Waals surface area contributed by atoms with Gasteiger partial charge in [0.2, 0.25) is 5.91 Å². The summed E-state index contributed by atoms with van der Waals surface area (Å²) in [7, 11) is 0. The van der Waals surface area contributed by atoms with E-state index in [-0.39, 0.29) is 5.41 Å². The van der Waals surface area contributed by atoms with Gasteiger partial charge in [-0.3, -0.25) is 4.79 Å². The Morgan fingerprint density at radius 1 is 1.00 bits per heavy atom. The van der Waals surface area contributed by atoms with Crippen LogP contribution in [0, 0.1) is 5.41 Å². The van der Waals surface area contributed by atoms with Crippen molar-refractivity contribution in [2.75, 3.05) is 19.6 Å². The topological polar surface area (TPSA) is 46.3 Å². The third kappa shape index (κ3) is 4.76. The molecule has 0 aromatic carbocycles. The summed E-state index contributed by atoms with van der Waals surface area (Å²) in [5.41, 5.74) is 5.80. The van der Waals surface area contributed by atoms with Crippen molar-refractivity contribution < 1.29 is 4.79 Å². The molecule has 118 valence electrons. The number of hydrogen-bond acceptors (Lipinski definition) is 2. The van der Waals surface area contributed by atoms with Gasteiger partial charge in [-0.15, -0.1) is 0 Å². The first-order valence-electron chi connectivity index (χ1n) is 8.69. The standard InChI is InChI=1S/C17H34N2O/c1-3-5-13-19(14-6-4-2)16(20)17(15-18)11-9-7-8-10-12-17/h3-15,18H2,1-2H3. The molecule has 1 fully saturated rings. The zero-order valence-electron chi connectivity index (χ0n) is 13.6. The maximum Gasteiger partial charge on any atom is 0.230 e. The molecule has 1 amide bonds. The first kappa shape index (κ1) is 17.5. The van der Waals surface area contributed by atoms with Crippen LogP contribution in [-0.2, 0) is 4.79 Å². The lowest BCUT2D eigenvalue weighted by atomic mass is 9.79. The van der Waals surface area contributed by atoms with Crippen LogP contribution in [0.15, 0.2) is 0 Å². The van der Waals surface area contributed by atoms with E-state index in [0.717, 1.165) is 51.6 Å². The van der Waals surface area contributed by atoms with Gasteiger partial charge in [0.15, 0.2) is 0 Å². The average molecular weight is 282 g/mol. The maximum atomic E-state index is 13.1. The zero-order valence-corrected chi connectivity index (χ0v) is 13.6. The van der Waals surface area contributed by atoms with Crippen LogP contribution in [-0.4, -0.2) is 30.4 Å². The van der Waals surface area contributed by atoms with Crippen molar-refractivity contribution in [2.24, 2.45) is 11.1 Å². The lowest BCUT2D eigenvalue weighted by Gasteiger charge is -2.36. The van der Waals surface area contributed by atoms with E-state index in [9.17, 15) is 4.79 Å². The largest absolute Gasteiger partial charge is 0.342 e. The summed E-state index contributed by atoms with van der Waals surface area (Å²) in [6, 6.07) is 0. The highest BCUT2D eigenvalue weighted by atomic mass is 16.2. The van der Waals surface area contributed by atoms with Gasteiger partial charge in [0, 0.05) is 19.6 Å². The van der Waals surface area contributed by atoms with Crippen molar-refractivity contribution in [1.82, 2.24) is 4.90 Å². The summed E-state index contributed by atoms with van der Waals surface area (Å²) in [5, 5.41) is 0. The van der Waals surface area contributed by atoms with Crippen LogP contribution in [0.5, 0.6) is 0 Å². The molecular formula is C17H34N2O. The predicted octanol–water partition coefficient (Wildman–Crippen LogP) is 3.71. The minimum absolute atomic E-state index is 0.252. The molecule has 0 unspecified atom stereocenters. The monoisotopic (exact) mass is 282 g/mol. The van der Waals surface area contributed by atoms with Gasteiger partial charge < -0.3 is 10.6 Å². The highest BCUT2D eigenvalue weighted by Gasteiger charge is 2.39. The summed E-state index contributed by atoms with van der Waals surface area (Å²) in [6.45, 7) is 6.73. The fourth-order valence-electron chi connectivity index (χ4n) is 3.26. The van der Waals surface area contributed by atoms with Gasteiger partial charge >= 0.3 is 0 Å². The van der Waals surface area contributed by atoms with Gasteiger partial charge in [0.25, 0.3) is 0 Å². The van der Waals surface area contributed by atoms with E-state index in [1.807, 2.05) is 0 Å². The lowest BCUT2D eigenvalue weighted by Crippen LogP contribution is -2.48. The molecule has 2 N–H and O–H groups in total. The normalized spacial score (nSPS) is 18.6. The van der Waals surface area contributed by atoms with Crippen molar-refractivity contribution in [3.05, 3.63) is 0 Å². The van der Waals surface area contributed by atoms with Crippen LogP contribution >= 0.6 is 0 Å². The number of nitrogens with two attached hydrogens (primary N) is 1. The van der Waals surface area contributed by atoms with Crippen LogP contribution < -0.4 is 5.73 Å². The van der Waals surface area contributed by atoms with Gasteiger partial charge in [-0.1, -0.05) is 52.4 Å². The van der Waals surface area contributed by atoms with E-state index in [0.29, 0.717) is 12.5 Å². The number of carbonyl (C=O) groups is 1. The van der Waals surface area contributed by atoms with Crippen LogP contribution in [0.4, 0.5) is 0 Å². The molecule has 0 radical (unpaired) electrons. The van der Waals surface area contributed by atoms with Crippen LogP contribution in [0.25, 0.3) is 0 Å². The SMILES string of the molecule is CCCCN(CCCC)C(=O)C1(CN)CCCCCC1. The molecule has 0 saturated heterocycles. The number of hydrogen-bond donors (Lipinski definition) is 1. The second kappa shape index (κ2) is 9.38. The summed E-state index contributed by atoms with van der Waals surface area (Å²) in [6.07, 6.45) is 11.4. The third-order valence-electron chi connectivity index (χ3n) is 4.76. The molecule has 0 aliphatic heterocycles. The second-order valence-corrected chi connectivity index (χ2v) is 6.40. The van der Waals surface area contributed by atoms with Crippen molar-refractivity contribution in [3.8, 4) is 0 Å². The average Bonchev–Trinajstić information content (AvgIpc) is 2.73. The zero-order chi connectivity index (χ0) is 14.8. The summed E-state index contributed by atoms with van der Waals surface area (Å²) in [4.78, 5) is 15.2. The number of carbonyl (C=O) groups excluding carboxylic acids is 1. The predicted molar refractivity (Wildman–Crippen MR) is 85.6 cm³/mol. The molecule has 3 heteroatoms. The Morgan fingerprint density at radius 3 is 1.90 bits per heavy atom. The minimum atomic E-state index is -0.252. The van der Waals surface area contributed by atoms with E-state index in [1.54, 1.807) is 0 Å². The summed E-state index contributed by atoms with van der Waals surface area (Å²) < 4.78 is 0. The van der Waals surface area contributed by atoms with E-state index >= 15 is 0 Å². The van der Waals surface area contributed by atoms with E-state index in [2.05, 4.69) is 18.7 Å². The fraction of sp³-hybridized carbons (Fsp3) is 0.941. The van der Waals surface area contributed by atoms with Crippen LogP contribution in [0.2, 0.25) is 0 Å². The van der Waals surface area contributed by atoms with Crippen LogP contribution in [0.1, 0.15) is 78.1 Å². The molecule has 0 heterocycles. The Morgan fingerprint density at radius 2 is 1.50 bits per heavy atom. The number of unbranched alkanes of at least 4 members (excludes halogenated alkanes) is 2. The molecule has 20 heavy (non-hydrogen) atoms. The molecule has 1 aliphatic rings. The smallest absolute Gasteiger partial charge is 0.230 e. The van der Waals surface area contributed by atoms with Crippen molar-refractivity contribution >= 4 is 5.91 Å². The van der Waals surface area contributed by atoms with Crippen molar-refractivity contribution in [3.63, 3.8) is 0 Å². The quantitative estimate of drug-likeness (QED) is 0.690. The van der Waals surface area contributed by atoms with E-state index < -0.39 is 0 Å². The Hall–Kier alpha value is -0.570. The summed E-state index contributed by atoms with van der Waals surface area (Å²) >= 11 is 0. The third-order valence-corrected chi connectivity index (χ3v) is 4.76. The van der Waals surface area contributed by atoms with E-state index in [4.69, 9.17) is 5.73 Å². The second-order valence-electron chi connectivity index (χ2n) is 6.40. The fourth-order valence-corrected chi connectivity index (χ4v) is 3.26. The molecule has 0 atom stereocenters. The lowest BCUT2D eigenvalue weighted by molar-refractivity contribution is -0.142. The molecule has 3 nitrogen and oxygen atoms in total. The Bertz CT molecular complexity index is 262. The molecule has 1 rings (SSSR count). The molecule has 0 bridgehead atoms. The highest BCUT2D eigenvalue weighted by Crippen LogP contribution is 2.36. The Kier molecular flexibility index (Phi) is 8.20. The van der Waals surface area contributed by atoms with Crippen molar-refractivity contribution in [2.45, 2.75) is 78.1 Å². The molecule has 0 aromatic heterocycles. The first-order chi connectivity index (χ1) is 9.70. The van der Waals surface area contributed by atoms with Gasteiger partial charge in [-0.2, -0.15) is 0 Å². The van der Waals surface area contributed by atoms with Gasteiger partial charge in [-0.05, 0) is 25.7 Å². The summed E-state index contributed by atoms with van der Waals surface area (Å²) in [5.74, 6) is 0.351. The maximum absolute atomic E-state index is 13.1. The van der Waals surface area contributed by atoms with Gasteiger partial charge in [-0.25, -0.2) is 0 Å². The Balaban J connectivity index is 2.76.